The number of nitrogens with zero attached hydrogens (tertiary/aromatic N) is 1. The summed E-state index contributed by atoms with van der Waals surface area (Å²) in [4.78, 5) is 26.8. The van der Waals surface area contributed by atoms with E-state index in [-0.39, 0.29) is 24.0 Å². The summed E-state index contributed by atoms with van der Waals surface area (Å²) in [6, 6.07) is 0.321. The Morgan fingerprint density at radius 2 is 1.56 bits per heavy atom. The Hall–Kier alpha value is -1.26. The molecule has 1 atom stereocenters. The van der Waals surface area contributed by atoms with E-state index >= 15 is 0 Å². The molecule has 5 nitrogen and oxygen atoms in total. The van der Waals surface area contributed by atoms with E-state index in [1.54, 1.807) is 4.90 Å². The monoisotopic (exact) mass is 349 g/mol. The summed E-state index contributed by atoms with van der Waals surface area (Å²) in [7, 11) is 0. The Balaban J connectivity index is 1.48. The number of carbonyl (C=O) groups excluding carboxylic acids is 2. The number of rotatable bonds is 5. The zero-order valence-corrected chi connectivity index (χ0v) is 16.1. The highest BCUT2D eigenvalue weighted by Crippen LogP contribution is 2.40. The summed E-state index contributed by atoms with van der Waals surface area (Å²) in [5, 5.41) is 6.26. The Morgan fingerprint density at radius 1 is 0.960 bits per heavy atom. The number of likely N-dealkylation sites (tertiary alicyclic amines) is 1. The lowest BCUT2D eigenvalue weighted by Crippen LogP contribution is -2.52. The molecule has 1 heterocycles. The minimum absolute atomic E-state index is 0.0355. The van der Waals surface area contributed by atoms with Gasteiger partial charge in [0.1, 0.15) is 6.04 Å². The quantitative estimate of drug-likeness (QED) is 0.799. The molecule has 3 rings (SSSR count). The highest BCUT2D eigenvalue weighted by Gasteiger charge is 2.38. The van der Waals surface area contributed by atoms with Crippen LogP contribution in [0.2, 0.25) is 0 Å². The molecule has 25 heavy (non-hydrogen) atoms. The Kier molecular flexibility index (Phi) is 5.59. The van der Waals surface area contributed by atoms with Crippen LogP contribution in [0, 0.1) is 11.3 Å². The first kappa shape index (κ1) is 18.5. The molecule has 0 radical (unpaired) electrons. The SMILES string of the molecule is CCC(C)(C)C1CCC(NC(=O)N2CCCC2C(=O)NC2CC2)CC1. The number of amides is 3. The van der Waals surface area contributed by atoms with Crippen LogP contribution in [0.25, 0.3) is 0 Å². The zero-order chi connectivity index (χ0) is 18.0. The summed E-state index contributed by atoms with van der Waals surface area (Å²) in [5.41, 5.74) is 0.399. The third kappa shape index (κ3) is 4.48. The molecular weight excluding hydrogens is 314 g/mol. The largest absolute Gasteiger partial charge is 0.352 e. The number of hydrogen-bond donors (Lipinski definition) is 2. The normalized spacial score (nSPS) is 30.2. The van der Waals surface area contributed by atoms with Gasteiger partial charge < -0.3 is 15.5 Å². The molecule has 2 aliphatic carbocycles. The van der Waals surface area contributed by atoms with Crippen molar-refractivity contribution in [2.75, 3.05) is 6.54 Å². The molecule has 0 aromatic rings. The van der Waals surface area contributed by atoms with E-state index in [0.717, 1.165) is 44.4 Å². The van der Waals surface area contributed by atoms with Gasteiger partial charge in [0.15, 0.2) is 0 Å². The molecule has 1 saturated heterocycles. The van der Waals surface area contributed by atoms with E-state index in [0.29, 0.717) is 18.0 Å². The highest BCUT2D eigenvalue weighted by molar-refractivity contribution is 5.88. The van der Waals surface area contributed by atoms with E-state index in [2.05, 4.69) is 31.4 Å². The summed E-state index contributed by atoms with van der Waals surface area (Å²) in [5.74, 6) is 0.804. The average Bonchev–Trinajstić information content (AvgIpc) is 3.26. The van der Waals surface area contributed by atoms with E-state index < -0.39 is 0 Å². The van der Waals surface area contributed by atoms with Crippen molar-refractivity contribution in [1.29, 1.82) is 0 Å². The highest BCUT2D eigenvalue weighted by atomic mass is 16.2. The Labute approximate surface area is 152 Å². The lowest BCUT2D eigenvalue weighted by molar-refractivity contribution is -0.124. The van der Waals surface area contributed by atoms with Crippen LogP contribution in [0.15, 0.2) is 0 Å². The molecule has 5 heteroatoms. The molecule has 2 saturated carbocycles. The van der Waals surface area contributed by atoms with Crippen LogP contribution in [0.4, 0.5) is 4.79 Å². The molecule has 3 fully saturated rings. The van der Waals surface area contributed by atoms with Crippen molar-refractivity contribution < 1.29 is 9.59 Å². The molecule has 1 aliphatic heterocycles. The average molecular weight is 350 g/mol. The van der Waals surface area contributed by atoms with Crippen LogP contribution < -0.4 is 10.6 Å². The van der Waals surface area contributed by atoms with Crippen molar-refractivity contribution in [1.82, 2.24) is 15.5 Å². The molecule has 0 spiro atoms. The molecule has 0 aromatic carbocycles. The second-order valence-corrected chi connectivity index (χ2v) is 8.97. The van der Waals surface area contributed by atoms with Gasteiger partial charge in [0, 0.05) is 18.6 Å². The number of urea groups is 1. The molecule has 0 aromatic heterocycles. The van der Waals surface area contributed by atoms with Crippen molar-refractivity contribution in [3.63, 3.8) is 0 Å². The van der Waals surface area contributed by atoms with Gasteiger partial charge in [-0.1, -0.05) is 27.2 Å². The lowest BCUT2D eigenvalue weighted by atomic mass is 9.69. The molecular formula is C20H35N3O2. The standard InChI is InChI=1S/C20H35N3O2/c1-4-20(2,3)14-7-9-16(10-8-14)22-19(25)23-13-5-6-17(23)18(24)21-15-11-12-15/h14-17H,4-13H2,1-3H3,(H,21,24)(H,22,25). The maximum absolute atomic E-state index is 12.7. The van der Waals surface area contributed by atoms with E-state index in [1.165, 1.54) is 19.3 Å². The molecule has 2 N–H and O–H groups in total. The summed E-state index contributed by atoms with van der Waals surface area (Å²) in [6.07, 6.45) is 9.61. The van der Waals surface area contributed by atoms with E-state index in [1.807, 2.05) is 0 Å². The number of hydrogen-bond acceptors (Lipinski definition) is 2. The Bertz CT molecular complexity index is 493. The van der Waals surface area contributed by atoms with Crippen LogP contribution in [-0.2, 0) is 4.79 Å². The van der Waals surface area contributed by atoms with Crippen LogP contribution in [0.3, 0.4) is 0 Å². The van der Waals surface area contributed by atoms with Crippen molar-refractivity contribution in [2.24, 2.45) is 11.3 Å². The van der Waals surface area contributed by atoms with Crippen molar-refractivity contribution >= 4 is 11.9 Å². The topological polar surface area (TPSA) is 61.4 Å². The van der Waals surface area contributed by atoms with Crippen LogP contribution in [0.5, 0.6) is 0 Å². The first-order valence-corrected chi connectivity index (χ1v) is 10.3. The van der Waals surface area contributed by atoms with Gasteiger partial charge in [-0.3, -0.25) is 4.79 Å². The maximum atomic E-state index is 12.7. The molecule has 3 amide bonds. The third-order valence-electron chi connectivity index (χ3n) is 6.81. The van der Waals surface area contributed by atoms with Crippen LogP contribution in [-0.4, -0.2) is 41.5 Å². The van der Waals surface area contributed by atoms with Gasteiger partial charge in [-0.05, 0) is 62.7 Å². The molecule has 1 unspecified atom stereocenters. The first-order chi connectivity index (χ1) is 11.9. The molecule has 142 valence electrons. The smallest absolute Gasteiger partial charge is 0.318 e. The van der Waals surface area contributed by atoms with Crippen molar-refractivity contribution in [3.05, 3.63) is 0 Å². The molecule has 0 bridgehead atoms. The van der Waals surface area contributed by atoms with Gasteiger partial charge in [-0.15, -0.1) is 0 Å². The van der Waals surface area contributed by atoms with E-state index in [9.17, 15) is 9.59 Å². The van der Waals surface area contributed by atoms with Crippen molar-refractivity contribution in [3.8, 4) is 0 Å². The van der Waals surface area contributed by atoms with Gasteiger partial charge in [0.25, 0.3) is 0 Å². The van der Waals surface area contributed by atoms with Gasteiger partial charge in [-0.2, -0.15) is 0 Å². The van der Waals surface area contributed by atoms with Crippen LogP contribution >= 0.6 is 0 Å². The third-order valence-corrected chi connectivity index (χ3v) is 6.81. The Morgan fingerprint density at radius 3 is 2.16 bits per heavy atom. The summed E-state index contributed by atoms with van der Waals surface area (Å²) < 4.78 is 0. The van der Waals surface area contributed by atoms with Gasteiger partial charge in [0.2, 0.25) is 5.91 Å². The second-order valence-electron chi connectivity index (χ2n) is 8.97. The second kappa shape index (κ2) is 7.55. The van der Waals surface area contributed by atoms with E-state index in [4.69, 9.17) is 0 Å². The summed E-state index contributed by atoms with van der Waals surface area (Å²) in [6.45, 7) is 7.70. The number of carbonyl (C=O) groups is 2. The predicted molar refractivity (Wildman–Crippen MR) is 99.2 cm³/mol. The predicted octanol–water partition coefficient (Wildman–Crippen LogP) is 3.43. The summed E-state index contributed by atoms with van der Waals surface area (Å²) >= 11 is 0. The van der Waals surface area contributed by atoms with Crippen molar-refractivity contribution in [2.45, 2.75) is 96.7 Å². The first-order valence-electron chi connectivity index (χ1n) is 10.3. The van der Waals surface area contributed by atoms with Gasteiger partial charge in [-0.25, -0.2) is 4.79 Å². The van der Waals surface area contributed by atoms with Gasteiger partial charge >= 0.3 is 6.03 Å². The fourth-order valence-corrected chi connectivity index (χ4v) is 4.37. The fourth-order valence-electron chi connectivity index (χ4n) is 4.37. The minimum Gasteiger partial charge on any atom is -0.352 e. The fraction of sp³-hybridized carbons (Fsp3) is 0.900. The zero-order valence-electron chi connectivity index (χ0n) is 16.1. The number of nitrogens with one attached hydrogen (secondary N) is 2. The van der Waals surface area contributed by atoms with Crippen LogP contribution in [0.1, 0.15) is 78.6 Å². The maximum Gasteiger partial charge on any atom is 0.318 e. The minimum atomic E-state index is -0.268. The van der Waals surface area contributed by atoms with Gasteiger partial charge in [0.05, 0.1) is 0 Å². The molecule has 3 aliphatic rings. The lowest BCUT2D eigenvalue weighted by Gasteiger charge is -2.39.